The van der Waals surface area contributed by atoms with Crippen LogP contribution in [0.4, 0.5) is 0 Å². The van der Waals surface area contributed by atoms with Crippen LogP contribution in [0.25, 0.3) is 0 Å². The molecular weight excluding hydrogens is 248 g/mol. The van der Waals surface area contributed by atoms with Gasteiger partial charge in [-0.15, -0.1) is 0 Å². The van der Waals surface area contributed by atoms with Gasteiger partial charge in [0.2, 0.25) is 5.91 Å². The molecule has 0 aromatic heterocycles. The van der Waals surface area contributed by atoms with Gasteiger partial charge in [0, 0.05) is 18.6 Å². The number of hydrogen-bond acceptors (Lipinski definition) is 2. The van der Waals surface area contributed by atoms with Crippen molar-refractivity contribution in [2.45, 2.75) is 71.4 Å². The zero-order valence-corrected chi connectivity index (χ0v) is 13.8. The van der Waals surface area contributed by atoms with Crippen LogP contribution in [0.1, 0.15) is 59.3 Å². The summed E-state index contributed by atoms with van der Waals surface area (Å²) in [6, 6.07) is 1.15. The molecule has 0 heterocycles. The van der Waals surface area contributed by atoms with Gasteiger partial charge in [0.25, 0.3) is 0 Å². The molecule has 0 spiro atoms. The molecule has 3 nitrogen and oxygen atoms in total. The summed E-state index contributed by atoms with van der Waals surface area (Å²) in [5.41, 5.74) is 0. The SMILES string of the molecule is CC(C)CN(C(=O)CN(C)C1CCCCC1C)C1CC1. The third-order valence-electron chi connectivity index (χ3n) is 4.89. The summed E-state index contributed by atoms with van der Waals surface area (Å²) in [5, 5.41) is 0. The second kappa shape index (κ2) is 6.93. The molecule has 2 rings (SSSR count). The Hall–Kier alpha value is -0.570. The molecule has 0 N–H and O–H groups in total. The van der Waals surface area contributed by atoms with Crippen molar-refractivity contribution in [3.8, 4) is 0 Å². The van der Waals surface area contributed by atoms with Crippen molar-refractivity contribution in [1.82, 2.24) is 9.80 Å². The number of hydrogen-bond donors (Lipinski definition) is 0. The van der Waals surface area contributed by atoms with E-state index in [0.29, 0.717) is 30.5 Å². The van der Waals surface area contributed by atoms with E-state index in [9.17, 15) is 4.79 Å². The van der Waals surface area contributed by atoms with Gasteiger partial charge in [-0.1, -0.05) is 33.6 Å². The second-order valence-electron chi connectivity index (χ2n) is 7.42. The van der Waals surface area contributed by atoms with Gasteiger partial charge in [-0.05, 0) is 44.6 Å². The Morgan fingerprint density at radius 3 is 2.35 bits per heavy atom. The van der Waals surface area contributed by atoms with E-state index in [1.807, 2.05) is 0 Å². The van der Waals surface area contributed by atoms with E-state index in [4.69, 9.17) is 0 Å². The lowest BCUT2D eigenvalue weighted by molar-refractivity contribution is -0.134. The van der Waals surface area contributed by atoms with E-state index < -0.39 is 0 Å². The van der Waals surface area contributed by atoms with Crippen LogP contribution >= 0.6 is 0 Å². The molecule has 1 amide bonds. The average Bonchev–Trinajstić information content (AvgIpc) is 3.20. The Morgan fingerprint density at radius 2 is 1.80 bits per heavy atom. The van der Waals surface area contributed by atoms with Crippen LogP contribution in [0.5, 0.6) is 0 Å². The topological polar surface area (TPSA) is 23.6 Å². The predicted octanol–water partition coefficient (Wildman–Crippen LogP) is 3.14. The molecule has 0 radical (unpaired) electrons. The molecule has 20 heavy (non-hydrogen) atoms. The second-order valence-corrected chi connectivity index (χ2v) is 7.42. The third-order valence-corrected chi connectivity index (χ3v) is 4.89. The van der Waals surface area contributed by atoms with E-state index >= 15 is 0 Å². The molecular formula is C17H32N2O. The Balaban J connectivity index is 1.88. The highest BCUT2D eigenvalue weighted by atomic mass is 16.2. The lowest BCUT2D eigenvalue weighted by Gasteiger charge is -2.37. The summed E-state index contributed by atoms with van der Waals surface area (Å²) in [5.74, 6) is 1.65. The van der Waals surface area contributed by atoms with Crippen molar-refractivity contribution in [3.63, 3.8) is 0 Å². The first-order valence-electron chi connectivity index (χ1n) is 8.48. The van der Waals surface area contributed by atoms with Gasteiger partial charge in [0.05, 0.1) is 6.54 Å². The summed E-state index contributed by atoms with van der Waals surface area (Å²) in [6.07, 6.45) is 7.69. The van der Waals surface area contributed by atoms with Gasteiger partial charge >= 0.3 is 0 Å². The van der Waals surface area contributed by atoms with Gasteiger partial charge in [-0.3, -0.25) is 9.69 Å². The van der Waals surface area contributed by atoms with Crippen LogP contribution in [0, 0.1) is 11.8 Å². The van der Waals surface area contributed by atoms with Crippen molar-refractivity contribution >= 4 is 5.91 Å². The maximum atomic E-state index is 12.6. The van der Waals surface area contributed by atoms with Gasteiger partial charge in [-0.2, -0.15) is 0 Å². The first-order chi connectivity index (χ1) is 9.49. The van der Waals surface area contributed by atoms with Gasteiger partial charge in [0.15, 0.2) is 0 Å². The maximum absolute atomic E-state index is 12.6. The van der Waals surface area contributed by atoms with Crippen LogP contribution in [0.15, 0.2) is 0 Å². The smallest absolute Gasteiger partial charge is 0.237 e. The largest absolute Gasteiger partial charge is 0.338 e. The number of nitrogens with zero attached hydrogens (tertiary/aromatic N) is 2. The molecule has 0 bridgehead atoms. The summed E-state index contributed by atoms with van der Waals surface area (Å²) in [7, 11) is 2.14. The van der Waals surface area contributed by atoms with Crippen molar-refractivity contribution in [2.24, 2.45) is 11.8 Å². The maximum Gasteiger partial charge on any atom is 0.237 e. The highest BCUT2D eigenvalue weighted by Gasteiger charge is 2.34. The van der Waals surface area contributed by atoms with Crippen LogP contribution in [-0.4, -0.2) is 47.9 Å². The monoisotopic (exact) mass is 280 g/mol. The highest BCUT2D eigenvalue weighted by Crippen LogP contribution is 2.29. The van der Waals surface area contributed by atoms with Crippen LogP contribution < -0.4 is 0 Å². The lowest BCUT2D eigenvalue weighted by Crippen LogP contribution is -2.47. The fourth-order valence-corrected chi connectivity index (χ4v) is 3.61. The molecule has 0 aromatic carbocycles. The first kappa shape index (κ1) is 15.8. The van der Waals surface area contributed by atoms with E-state index in [0.717, 1.165) is 12.5 Å². The summed E-state index contributed by atoms with van der Waals surface area (Å²) in [4.78, 5) is 17.1. The fraction of sp³-hybridized carbons (Fsp3) is 0.941. The molecule has 2 aliphatic carbocycles. The summed E-state index contributed by atoms with van der Waals surface area (Å²) in [6.45, 7) is 8.29. The molecule has 116 valence electrons. The van der Waals surface area contributed by atoms with Crippen molar-refractivity contribution < 1.29 is 4.79 Å². The first-order valence-corrected chi connectivity index (χ1v) is 8.48. The number of likely N-dealkylation sites (N-methyl/N-ethyl adjacent to an activating group) is 1. The quantitative estimate of drug-likeness (QED) is 0.746. The van der Waals surface area contributed by atoms with Gasteiger partial charge < -0.3 is 4.90 Å². The van der Waals surface area contributed by atoms with Crippen molar-refractivity contribution in [1.29, 1.82) is 0 Å². The number of carbonyl (C=O) groups is 1. The molecule has 2 aliphatic rings. The van der Waals surface area contributed by atoms with E-state index in [1.54, 1.807) is 0 Å². The van der Waals surface area contributed by atoms with E-state index in [2.05, 4.69) is 37.6 Å². The molecule has 0 saturated heterocycles. The highest BCUT2D eigenvalue weighted by molar-refractivity contribution is 5.79. The van der Waals surface area contributed by atoms with E-state index in [-0.39, 0.29) is 0 Å². The molecule has 2 atom stereocenters. The van der Waals surface area contributed by atoms with Crippen LogP contribution in [0.3, 0.4) is 0 Å². The third kappa shape index (κ3) is 4.21. The Kier molecular flexibility index (Phi) is 5.48. The Bertz CT molecular complexity index is 325. The van der Waals surface area contributed by atoms with Crippen LogP contribution in [0.2, 0.25) is 0 Å². The normalized spacial score (nSPS) is 27.1. The molecule has 0 aromatic rings. The molecule has 2 unspecified atom stereocenters. The molecule has 0 aliphatic heterocycles. The summed E-state index contributed by atoms with van der Waals surface area (Å²) >= 11 is 0. The lowest BCUT2D eigenvalue weighted by atomic mass is 9.85. The Labute approximate surface area is 124 Å². The van der Waals surface area contributed by atoms with Crippen LogP contribution in [-0.2, 0) is 4.79 Å². The molecule has 3 heteroatoms. The average molecular weight is 280 g/mol. The number of rotatable bonds is 6. The van der Waals surface area contributed by atoms with E-state index in [1.165, 1.54) is 38.5 Å². The van der Waals surface area contributed by atoms with Gasteiger partial charge in [0.1, 0.15) is 0 Å². The molecule has 2 saturated carbocycles. The zero-order valence-electron chi connectivity index (χ0n) is 13.8. The minimum absolute atomic E-state index is 0.349. The summed E-state index contributed by atoms with van der Waals surface area (Å²) < 4.78 is 0. The Morgan fingerprint density at radius 1 is 1.15 bits per heavy atom. The van der Waals surface area contributed by atoms with Gasteiger partial charge in [-0.25, -0.2) is 0 Å². The number of amides is 1. The predicted molar refractivity (Wildman–Crippen MR) is 83.6 cm³/mol. The van der Waals surface area contributed by atoms with Crippen molar-refractivity contribution in [2.75, 3.05) is 20.1 Å². The minimum atomic E-state index is 0.349. The number of carbonyl (C=O) groups excluding carboxylic acids is 1. The molecule has 2 fully saturated rings. The standard InChI is InChI=1S/C17H32N2O/c1-13(2)11-19(15-9-10-15)17(20)12-18(4)16-8-6-5-7-14(16)3/h13-16H,5-12H2,1-4H3. The fourth-order valence-electron chi connectivity index (χ4n) is 3.61. The zero-order chi connectivity index (χ0) is 14.7. The van der Waals surface area contributed by atoms with Crippen molar-refractivity contribution in [3.05, 3.63) is 0 Å². The minimum Gasteiger partial charge on any atom is -0.338 e.